The molecule has 0 aliphatic rings. The van der Waals surface area contributed by atoms with E-state index in [-0.39, 0.29) is 17.0 Å². The van der Waals surface area contributed by atoms with Gasteiger partial charge in [0.15, 0.2) is 11.5 Å². The Hall–Kier alpha value is -4.73. The number of rotatable bonds is 8. The largest absolute Gasteiger partial charge is 0.497 e. The highest BCUT2D eigenvalue weighted by atomic mass is 16.5. The van der Waals surface area contributed by atoms with E-state index in [0.717, 1.165) is 0 Å². The molecule has 10 nitrogen and oxygen atoms in total. The summed E-state index contributed by atoms with van der Waals surface area (Å²) in [6.45, 7) is 0. The standard InChI is InChI=1S/C25H25N3O7/c1-32-19-10-8-15(9-11-19)23(29)26-18-7-5-6-16(12-18)24(30)27-28-25(31)17-13-20(33-2)22(35-4)21(14-17)34-3/h5-14H,1-4H3,(H,26,29)(H,27,30)(H,28,31). The fraction of sp³-hybridized carbons (Fsp3) is 0.160. The predicted molar refractivity (Wildman–Crippen MR) is 128 cm³/mol. The van der Waals surface area contributed by atoms with E-state index in [1.807, 2.05) is 0 Å². The number of hydrazine groups is 1. The fourth-order valence-electron chi connectivity index (χ4n) is 3.15. The quantitative estimate of drug-likeness (QED) is 0.424. The van der Waals surface area contributed by atoms with Gasteiger partial charge in [0, 0.05) is 22.4 Å². The second-order valence-electron chi connectivity index (χ2n) is 7.09. The Kier molecular flexibility index (Phi) is 8.12. The minimum atomic E-state index is -0.596. The smallest absolute Gasteiger partial charge is 0.269 e. The first-order valence-corrected chi connectivity index (χ1v) is 10.4. The zero-order valence-corrected chi connectivity index (χ0v) is 19.6. The molecule has 0 spiro atoms. The highest BCUT2D eigenvalue weighted by Gasteiger charge is 2.18. The molecule has 0 aromatic heterocycles. The predicted octanol–water partition coefficient (Wildman–Crippen LogP) is 3.05. The van der Waals surface area contributed by atoms with Gasteiger partial charge in [-0.25, -0.2) is 0 Å². The van der Waals surface area contributed by atoms with Crippen molar-refractivity contribution in [2.24, 2.45) is 0 Å². The third-order valence-electron chi connectivity index (χ3n) is 4.95. The number of ether oxygens (including phenoxy) is 4. The number of amides is 3. The topological polar surface area (TPSA) is 124 Å². The minimum Gasteiger partial charge on any atom is -0.497 e. The van der Waals surface area contributed by atoms with E-state index in [4.69, 9.17) is 18.9 Å². The summed E-state index contributed by atoms with van der Waals surface area (Å²) in [4.78, 5) is 37.6. The van der Waals surface area contributed by atoms with E-state index >= 15 is 0 Å². The molecule has 3 aromatic carbocycles. The number of anilines is 1. The van der Waals surface area contributed by atoms with Gasteiger partial charge in [-0.2, -0.15) is 0 Å². The molecule has 0 unspecified atom stereocenters. The van der Waals surface area contributed by atoms with Gasteiger partial charge in [0.1, 0.15) is 5.75 Å². The minimum absolute atomic E-state index is 0.181. The molecule has 0 radical (unpaired) electrons. The van der Waals surface area contributed by atoms with Crippen molar-refractivity contribution in [3.05, 3.63) is 77.4 Å². The molecule has 3 rings (SSSR count). The van der Waals surface area contributed by atoms with E-state index in [9.17, 15) is 14.4 Å². The van der Waals surface area contributed by atoms with Crippen LogP contribution in [0.2, 0.25) is 0 Å². The van der Waals surface area contributed by atoms with Crippen LogP contribution in [0.4, 0.5) is 5.69 Å². The lowest BCUT2D eigenvalue weighted by atomic mass is 10.1. The monoisotopic (exact) mass is 479 g/mol. The Bertz CT molecular complexity index is 1200. The fourth-order valence-corrected chi connectivity index (χ4v) is 3.15. The highest BCUT2D eigenvalue weighted by molar-refractivity contribution is 6.05. The van der Waals surface area contributed by atoms with Gasteiger partial charge in [-0.05, 0) is 54.6 Å². The third kappa shape index (κ3) is 5.99. The van der Waals surface area contributed by atoms with E-state index in [1.165, 1.54) is 39.5 Å². The number of carbonyl (C=O) groups excluding carboxylic acids is 3. The van der Waals surface area contributed by atoms with Crippen molar-refractivity contribution in [1.29, 1.82) is 0 Å². The van der Waals surface area contributed by atoms with Crippen molar-refractivity contribution >= 4 is 23.4 Å². The Balaban J connectivity index is 1.66. The first-order valence-electron chi connectivity index (χ1n) is 10.4. The van der Waals surface area contributed by atoms with Crippen LogP contribution in [0.15, 0.2) is 60.7 Å². The number of methoxy groups -OCH3 is 4. The average molecular weight is 479 g/mol. The summed E-state index contributed by atoms with van der Waals surface area (Å²) >= 11 is 0. The molecule has 0 bridgehead atoms. The maximum absolute atomic E-state index is 12.6. The molecule has 3 N–H and O–H groups in total. The molecule has 0 aliphatic heterocycles. The van der Waals surface area contributed by atoms with Gasteiger partial charge >= 0.3 is 0 Å². The van der Waals surface area contributed by atoms with Crippen LogP contribution in [0, 0.1) is 0 Å². The zero-order chi connectivity index (χ0) is 25.4. The summed E-state index contributed by atoms with van der Waals surface area (Å²) < 4.78 is 20.8. The van der Waals surface area contributed by atoms with Crippen LogP contribution in [0.1, 0.15) is 31.1 Å². The van der Waals surface area contributed by atoms with Gasteiger partial charge in [-0.3, -0.25) is 25.2 Å². The van der Waals surface area contributed by atoms with Gasteiger partial charge in [-0.1, -0.05) is 6.07 Å². The molecule has 0 heterocycles. The number of carbonyl (C=O) groups is 3. The summed E-state index contributed by atoms with van der Waals surface area (Å²) in [5.41, 5.74) is 5.94. The van der Waals surface area contributed by atoms with E-state index < -0.39 is 11.8 Å². The summed E-state index contributed by atoms with van der Waals surface area (Å²) in [5.74, 6) is 0.0407. The zero-order valence-electron chi connectivity index (χ0n) is 19.6. The van der Waals surface area contributed by atoms with Crippen molar-refractivity contribution in [2.75, 3.05) is 33.8 Å². The van der Waals surface area contributed by atoms with E-state index in [0.29, 0.717) is 34.2 Å². The molecular formula is C25H25N3O7. The van der Waals surface area contributed by atoms with Crippen LogP contribution >= 0.6 is 0 Å². The molecule has 0 fully saturated rings. The number of hydrogen-bond acceptors (Lipinski definition) is 7. The molecule has 10 heteroatoms. The first kappa shape index (κ1) is 24.9. The van der Waals surface area contributed by atoms with Gasteiger partial charge in [0.05, 0.1) is 28.4 Å². The summed E-state index contributed by atoms with van der Waals surface area (Å²) in [6.07, 6.45) is 0. The molecule has 3 aromatic rings. The average Bonchev–Trinajstić information content (AvgIpc) is 2.90. The van der Waals surface area contributed by atoms with E-state index in [1.54, 1.807) is 49.6 Å². The van der Waals surface area contributed by atoms with Crippen LogP contribution in [-0.4, -0.2) is 46.2 Å². The van der Waals surface area contributed by atoms with Crippen LogP contribution in [0.5, 0.6) is 23.0 Å². The molecule has 0 saturated carbocycles. The van der Waals surface area contributed by atoms with Gasteiger partial charge in [-0.15, -0.1) is 0 Å². The first-order chi connectivity index (χ1) is 16.9. The third-order valence-corrected chi connectivity index (χ3v) is 4.95. The second kappa shape index (κ2) is 11.4. The molecule has 182 valence electrons. The normalized spacial score (nSPS) is 10.1. The molecule has 0 atom stereocenters. The Morgan fingerprint density at radius 1 is 0.600 bits per heavy atom. The Morgan fingerprint density at radius 2 is 1.20 bits per heavy atom. The van der Waals surface area contributed by atoms with Crippen molar-refractivity contribution in [3.8, 4) is 23.0 Å². The number of nitrogens with one attached hydrogen (secondary N) is 3. The lowest BCUT2D eigenvalue weighted by molar-refractivity contribution is 0.0846. The highest BCUT2D eigenvalue weighted by Crippen LogP contribution is 2.38. The lowest BCUT2D eigenvalue weighted by Gasteiger charge is -2.14. The summed E-state index contributed by atoms with van der Waals surface area (Å²) in [7, 11) is 5.86. The molecule has 0 aliphatic carbocycles. The maximum Gasteiger partial charge on any atom is 0.269 e. The van der Waals surface area contributed by atoms with Crippen LogP contribution in [0.25, 0.3) is 0 Å². The number of hydrogen-bond donors (Lipinski definition) is 3. The van der Waals surface area contributed by atoms with Crippen molar-refractivity contribution in [1.82, 2.24) is 10.9 Å². The maximum atomic E-state index is 12.6. The molecular weight excluding hydrogens is 454 g/mol. The number of benzene rings is 3. The molecule has 3 amide bonds. The molecule has 0 saturated heterocycles. The van der Waals surface area contributed by atoms with Gasteiger partial charge in [0.25, 0.3) is 17.7 Å². The summed E-state index contributed by atoms with van der Waals surface area (Å²) in [5, 5.41) is 2.73. The SMILES string of the molecule is COc1ccc(C(=O)Nc2cccc(C(=O)NNC(=O)c3cc(OC)c(OC)c(OC)c3)c2)cc1. The Labute approximate surface area is 202 Å². The van der Waals surface area contributed by atoms with Crippen molar-refractivity contribution < 1.29 is 33.3 Å². The lowest BCUT2D eigenvalue weighted by Crippen LogP contribution is -2.41. The van der Waals surface area contributed by atoms with Crippen LogP contribution < -0.4 is 35.1 Å². The van der Waals surface area contributed by atoms with Gasteiger partial charge in [0.2, 0.25) is 5.75 Å². The second-order valence-corrected chi connectivity index (χ2v) is 7.09. The molecule has 35 heavy (non-hydrogen) atoms. The summed E-state index contributed by atoms with van der Waals surface area (Å²) in [6, 6.07) is 15.8. The van der Waals surface area contributed by atoms with Crippen molar-refractivity contribution in [3.63, 3.8) is 0 Å². The Morgan fingerprint density at radius 3 is 1.74 bits per heavy atom. The van der Waals surface area contributed by atoms with Gasteiger partial charge < -0.3 is 24.3 Å². The van der Waals surface area contributed by atoms with Crippen LogP contribution in [0.3, 0.4) is 0 Å². The van der Waals surface area contributed by atoms with E-state index in [2.05, 4.69) is 16.2 Å². The van der Waals surface area contributed by atoms with Crippen LogP contribution in [-0.2, 0) is 0 Å². The van der Waals surface area contributed by atoms with Crippen molar-refractivity contribution in [2.45, 2.75) is 0 Å².